The van der Waals surface area contributed by atoms with E-state index in [1.807, 2.05) is 0 Å². The number of nitrogens with one attached hydrogen (secondary N) is 1. The second-order valence-electron chi connectivity index (χ2n) is 4.18. The van der Waals surface area contributed by atoms with Crippen molar-refractivity contribution in [2.75, 3.05) is 11.9 Å². The van der Waals surface area contributed by atoms with Crippen LogP contribution in [0.4, 0.5) is 5.82 Å². The summed E-state index contributed by atoms with van der Waals surface area (Å²) < 4.78 is 0. The molecule has 92 valence electrons. The number of aromatic nitrogens is 2. The molecular formula is C11H14ClN3O2. The van der Waals surface area contributed by atoms with Crippen molar-refractivity contribution in [2.24, 2.45) is 5.92 Å². The predicted molar refractivity (Wildman–Crippen MR) is 64.3 cm³/mol. The normalized spacial score (nSPS) is 23.6. The molecule has 5 nitrogen and oxygen atoms in total. The van der Waals surface area contributed by atoms with Crippen molar-refractivity contribution in [3.63, 3.8) is 0 Å². The number of aliphatic hydroxyl groups is 1. The minimum Gasteiger partial charge on any atom is -0.393 e. The Balaban J connectivity index is 2.03. The number of halogens is 1. The van der Waals surface area contributed by atoms with E-state index in [1.165, 1.54) is 6.33 Å². The Morgan fingerprint density at radius 3 is 3.00 bits per heavy atom. The average molecular weight is 256 g/mol. The fourth-order valence-electron chi connectivity index (χ4n) is 2.10. The van der Waals surface area contributed by atoms with E-state index in [4.69, 9.17) is 11.6 Å². The summed E-state index contributed by atoms with van der Waals surface area (Å²) in [5, 5.41) is 12.9. The fraction of sp³-hybridized carbons (Fsp3) is 0.545. The molecule has 2 atom stereocenters. The number of hydrogen-bond donors (Lipinski definition) is 2. The van der Waals surface area contributed by atoms with Crippen LogP contribution in [0.2, 0.25) is 5.15 Å². The summed E-state index contributed by atoms with van der Waals surface area (Å²) in [4.78, 5) is 18.6. The summed E-state index contributed by atoms with van der Waals surface area (Å²) in [6.07, 6.45) is 4.55. The van der Waals surface area contributed by atoms with Crippen molar-refractivity contribution in [3.05, 3.63) is 17.0 Å². The number of nitrogens with zero attached hydrogens (tertiary/aromatic N) is 2. The molecule has 0 bridgehead atoms. The van der Waals surface area contributed by atoms with Gasteiger partial charge in [-0.05, 0) is 12.8 Å². The predicted octanol–water partition coefficient (Wildman–Crippen LogP) is 1.52. The number of hydrogen-bond acceptors (Lipinski definition) is 5. The molecule has 2 unspecified atom stereocenters. The average Bonchev–Trinajstić information content (AvgIpc) is 2.72. The number of carbonyl (C=O) groups excluding carboxylic acids is 1. The molecule has 1 aromatic heterocycles. The molecule has 0 radical (unpaired) electrons. The van der Waals surface area contributed by atoms with Gasteiger partial charge in [-0.1, -0.05) is 18.0 Å². The van der Waals surface area contributed by atoms with E-state index in [0.717, 1.165) is 19.3 Å². The van der Waals surface area contributed by atoms with E-state index in [-0.39, 0.29) is 22.7 Å². The van der Waals surface area contributed by atoms with Gasteiger partial charge in [0.1, 0.15) is 17.3 Å². The summed E-state index contributed by atoms with van der Waals surface area (Å²) in [7, 11) is 0. The Bertz CT molecular complexity index is 414. The van der Waals surface area contributed by atoms with Gasteiger partial charge < -0.3 is 10.4 Å². The molecule has 2 rings (SSSR count). The molecule has 0 aliphatic heterocycles. The van der Waals surface area contributed by atoms with Gasteiger partial charge in [-0.3, -0.25) is 4.79 Å². The zero-order chi connectivity index (χ0) is 12.3. The lowest BCUT2D eigenvalue weighted by atomic mass is 10.1. The molecule has 0 aromatic carbocycles. The standard InChI is InChI=1S/C11H14ClN3O2/c12-10-8(5-16)11(15-6-14-10)13-4-7-2-1-3-9(7)17/h5-7,9,17H,1-4H2,(H,13,14,15). The summed E-state index contributed by atoms with van der Waals surface area (Å²) in [6, 6.07) is 0. The van der Waals surface area contributed by atoms with Gasteiger partial charge >= 0.3 is 0 Å². The van der Waals surface area contributed by atoms with Gasteiger partial charge in [0.05, 0.1) is 11.7 Å². The van der Waals surface area contributed by atoms with E-state index in [2.05, 4.69) is 15.3 Å². The first-order valence-electron chi connectivity index (χ1n) is 5.60. The molecular weight excluding hydrogens is 242 g/mol. The van der Waals surface area contributed by atoms with E-state index >= 15 is 0 Å². The third kappa shape index (κ3) is 2.73. The largest absolute Gasteiger partial charge is 0.393 e. The van der Waals surface area contributed by atoms with Crippen LogP contribution in [0.15, 0.2) is 6.33 Å². The van der Waals surface area contributed by atoms with Gasteiger partial charge in [0.2, 0.25) is 0 Å². The first kappa shape index (κ1) is 12.3. The molecule has 1 aliphatic rings. The SMILES string of the molecule is O=Cc1c(Cl)ncnc1NCC1CCCC1O. The first-order chi connectivity index (χ1) is 8.22. The topological polar surface area (TPSA) is 75.1 Å². The highest BCUT2D eigenvalue weighted by Gasteiger charge is 2.25. The molecule has 6 heteroatoms. The van der Waals surface area contributed by atoms with Crippen LogP contribution in [-0.4, -0.2) is 34.0 Å². The van der Waals surface area contributed by atoms with Crippen LogP contribution in [-0.2, 0) is 0 Å². The van der Waals surface area contributed by atoms with Gasteiger partial charge in [-0.25, -0.2) is 9.97 Å². The van der Waals surface area contributed by atoms with Gasteiger partial charge in [0, 0.05) is 12.5 Å². The van der Waals surface area contributed by atoms with E-state index in [9.17, 15) is 9.90 Å². The van der Waals surface area contributed by atoms with Crippen LogP contribution in [0.25, 0.3) is 0 Å². The Labute approximate surface area is 104 Å². The molecule has 0 amide bonds. The van der Waals surface area contributed by atoms with Crippen LogP contribution in [0.5, 0.6) is 0 Å². The quantitative estimate of drug-likeness (QED) is 0.630. The summed E-state index contributed by atoms with van der Waals surface area (Å²) >= 11 is 5.78. The Morgan fingerprint density at radius 1 is 1.53 bits per heavy atom. The number of aldehydes is 1. The first-order valence-corrected chi connectivity index (χ1v) is 5.97. The number of rotatable bonds is 4. The highest BCUT2D eigenvalue weighted by atomic mass is 35.5. The number of carbonyl (C=O) groups is 1. The molecule has 1 aromatic rings. The Hall–Kier alpha value is -1.20. The smallest absolute Gasteiger partial charge is 0.156 e. The van der Waals surface area contributed by atoms with Crippen molar-refractivity contribution < 1.29 is 9.90 Å². The lowest BCUT2D eigenvalue weighted by Crippen LogP contribution is -2.22. The third-order valence-electron chi connectivity index (χ3n) is 3.10. The lowest BCUT2D eigenvalue weighted by molar-refractivity contribution is 0.112. The van der Waals surface area contributed by atoms with Gasteiger partial charge in [-0.2, -0.15) is 0 Å². The number of aliphatic hydroxyl groups excluding tert-OH is 1. The molecule has 2 N–H and O–H groups in total. The zero-order valence-electron chi connectivity index (χ0n) is 9.27. The maximum Gasteiger partial charge on any atom is 0.156 e. The van der Waals surface area contributed by atoms with Gasteiger partial charge in [-0.15, -0.1) is 0 Å². The Morgan fingerprint density at radius 2 is 2.35 bits per heavy atom. The Kier molecular flexibility index (Phi) is 3.91. The number of anilines is 1. The highest BCUT2D eigenvalue weighted by Crippen LogP contribution is 2.26. The van der Waals surface area contributed by atoms with Gasteiger partial charge in [0.25, 0.3) is 0 Å². The van der Waals surface area contributed by atoms with Crippen LogP contribution >= 0.6 is 11.6 Å². The van der Waals surface area contributed by atoms with Crippen molar-refractivity contribution in [3.8, 4) is 0 Å². The van der Waals surface area contributed by atoms with Crippen molar-refractivity contribution >= 4 is 23.7 Å². The van der Waals surface area contributed by atoms with E-state index < -0.39 is 0 Å². The molecule has 1 heterocycles. The monoisotopic (exact) mass is 255 g/mol. The second kappa shape index (κ2) is 5.42. The van der Waals surface area contributed by atoms with Crippen LogP contribution < -0.4 is 5.32 Å². The minimum absolute atomic E-state index is 0.143. The minimum atomic E-state index is -0.264. The van der Waals surface area contributed by atoms with Crippen LogP contribution in [0.3, 0.4) is 0 Å². The fourth-order valence-corrected chi connectivity index (χ4v) is 2.28. The van der Waals surface area contributed by atoms with Gasteiger partial charge in [0.15, 0.2) is 6.29 Å². The van der Waals surface area contributed by atoms with Crippen molar-refractivity contribution in [1.29, 1.82) is 0 Å². The lowest BCUT2D eigenvalue weighted by Gasteiger charge is -2.16. The summed E-state index contributed by atoms with van der Waals surface area (Å²) in [6.45, 7) is 0.593. The summed E-state index contributed by atoms with van der Waals surface area (Å²) in [5.41, 5.74) is 0.265. The highest BCUT2D eigenvalue weighted by molar-refractivity contribution is 6.32. The van der Waals surface area contributed by atoms with E-state index in [0.29, 0.717) is 18.6 Å². The molecule has 17 heavy (non-hydrogen) atoms. The molecule has 1 fully saturated rings. The second-order valence-corrected chi connectivity index (χ2v) is 4.54. The molecule has 1 saturated carbocycles. The molecule has 0 spiro atoms. The van der Waals surface area contributed by atoms with E-state index in [1.54, 1.807) is 0 Å². The zero-order valence-corrected chi connectivity index (χ0v) is 10.0. The molecule has 0 saturated heterocycles. The summed E-state index contributed by atoms with van der Waals surface area (Å²) in [5.74, 6) is 0.641. The molecule has 1 aliphatic carbocycles. The maximum atomic E-state index is 10.9. The van der Waals surface area contributed by atoms with Crippen LogP contribution in [0, 0.1) is 5.92 Å². The van der Waals surface area contributed by atoms with Crippen molar-refractivity contribution in [2.45, 2.75) is 25.4 Å². The maximum absolute atomic E-state index is 10.9. The van der Waals surface area contributed by atoms with Crippen molar-refractivity contribution in [1.82, 2.24) is 9.97 Å². The third-order valence-corrected chi connectivity index (χ3v) is 3.40. The van der Waals surface area contributed by atoms with Crippen LogP contribution in [0.1, 0.15) is 29.6 Å².